The summed E-state index contributed by atoms with van der Waals surface area (Å²) in [6, 6.07) is 15.2. The summed E-state index contributed by atoms with van der Waals surface area (Å²) in [4.78, 5) is 24.3. The number of aryl methyl sites for hydroxylation is 1. The molecule has 0 radical (unpaired) electrons. The molecule has 34 heavy (non-hydrogen) atoms. The smallest absolute Gasteiger partial charge is 0.343 e. The number of hydrogen-bond acceptors (Lipinski definition) is 3. The maximum absolute atomic E-state index is 12.6. The normalized spacial score (nSPS) is 18.6. The molecular weight excluding hydrogens is 424 g/mol. The molecule has 1 unspecified atom stereocenters. The van der Waals surface area contributed by atoms with Gasteiger partial charge in [0, 0.05) is 5.41 Å². The van der Waals surface area contributed by atoms with Crippen LogP contribution in [0.5, 0.6) is 5.75 Å². The van der Waals surface area contributed by atoms with E-state index in [1.54, 1.807) is 18.2 Å². The molecule has 180 valence electrons. The van der Waals surface area contributed by atoms with Crippen molar-refractivity contribution in [2.45, 2.75) is 71.6 Å². The molecule has 0 spiro atoms. The number of carbonyl (C=O) groups excluding carboxylic acids is 1. The van der Waals surface area contributed by atoms with Crippen molar-refractivity contribution in [2.24, 2.45) is 5.92 Å². The predicted molar refractivity (Wildman–Crippen MR) is 136 cm³/mol. The minimum atomic E-state index is -0.864. The summed E-state index contributed by atoms with van der Waals surface area (Å²) in [6.07, 6.45) is 9.51. The zero-order valence-electron chi connectivity index (χ0n) is 20.8. The van der Waals surface area contributed by atoms with Crippen molar-refractivity contribution >= 4 is 11.9 Å². The molecule has 0 bridgehead atoms. The number of rotatable bonds is 10. The first-order chi connectivity index (χ1) is 16.3. The molecule has 0 aliphatic heterocycles. The average molecular weight is 461 g/mol. The van der Waals surface area contributed by atoms with Gasteiger partial charge in [-0.2, -0.15) is 0 Å². The Morgan fingerprint density at radius 2 is 1.68 bits per heavy atom. The van der Waals surface area contributed by atoms with Gasteiger partial charge in [-0.3, -0.25) is 0 Å². The van der Waals surface area contributed by atoms with Crippen LogP contribution in [-0.2, 0) is 16.6 Å². The van der Waals surface area contributed by atoms with Gasteiger partial charge in [0.15, 0.2) is 0 Å². The first kappa shape index (κ1) is 25.5. The quantitative estimate of drug-likeness (QED) is 0.299. The Morgan fingerprint density at radius 3 is 2.24 bits per heavy atom. The standard InChI is InChI=1S/C30H36O4/c1-5-8-9-21(4)30(19-18-27(28(31)32)23(7-3)20-30)25-14-16-26(17-15-25)34-29(33)24-12-10-22(6-2)11-13-24/h10-19,21H,5-9,20H2,1-4H3,(H,31,32)/t21?,30-/m1/s1. The minimum Gasteiger partial charge on any atom is -0.478 e. The third-order valence-corrected chi connectivity index (χ3v) is 7.16. The van der Waals surface area contributed by atoms with Crippen molar-refractivity contribution in [3.05, 3.63) is 88.5 Å². The van der Waals surface area contributed by atoms with Crippen molar-refractivity contribution in [3.63, 3.8) is 0 Å². The van der Waals surface area contributed by atoms with E-state index in [0.29, 0.717) is 35.6 Å². The van der Waals surface area contributed by atoms with Gasteiger partial charge in [0.25, 0.3) is 0 Å². The lowest BCUT2D eigenvalue weighted by molar-refractivity contribution is -0.132. The lowest BCUT2D eigenvalue weighted by Gasteiger charge is -2.41. The molecule has 1 aliphatic rings. The van der Waals surface area contributed by atoms with E-state index in [1.807, 2.05) is 43.3 Å². The molecule has 4 heteroatoms. The van der Waals surface area contributed by atoms with Crippen LogP contribution in [0.3, 0.4) is 0 Å². The van der Waals surface area contributed by atoms with Gasteiger partial charge in [0.1, 0.15) is 5.75 Å². The molecule has 0 saturated heterocycles. The van der Waals surface area contributed by atoms with Gasteiger partial charge >= 0.3 is 11.9 Å². The molecule has 2 atom stereocenters. The number of unbranched alkanes of at least 4 members (excludes halogenated alkanes) is 1. The van der Waals surface area contributed by atoms with Gasteiger partial charge in [-0.05, 0) is 67.0 Å². The Kier molecular flexibility index (Phi) is 8.49. The van der Waals surface area contributed by atoms with Crippen LogP contribution in [0, 0.1) is 5.92 Å². The van der Waals surface area contributed by atoms with Crippen LogP contribution in [-0.4, -0.2) is 17.0 Å². The molecule has 0 saturated carbocycles. The molecule has 2 aromatic rings. The summed E-state index contributed by atoms with van der Waals surface area (Å²) >= 11 is 0. The Hall–Kier alpha value is -3.14. The number of ether oxygens (including phenoxy) is 1. The summed E-state index contributed by atoms with van der Waals surface area (Å²) in [5.74, 6) is -0.397. The number of hydrogen-bond donors (Lipinski definition) is 1. The van der Waals surface area contributed by atoms with Gasteiger partial charge in [0.2, 0.25) is 0 Å². The second-order valence-corrected chi connectivity index (χ2v) is 9.23. The van der Waals surface area contributed by atoms with Crippen LogP contribution in [0.1, 0.15) is 81.3 Å². The maximum Gasteiger partial charge on any atom is 0.343 e. The van der Waals surface area contributed by atoms with Crippen molar-refractivity contribution in [2.75, 3.05) is 0 Å². The summed E-state index contributed by atoms with van der Waals surface area (Å²) in [6.45, 7) is 8.55. The van der Waals surface area contributed by atoms with E-state index in [1.165, 1.54) is 5.56 Å². The number of carbonyl (C=O) groups is 2. The average Bonchev–Trinajstić information content (AvgIpc) is 2.87. The van der Waals surface area contributed by atoms with Crippen molar-refractivity contribution in [1.82, 2.24) is 0 Å². The third kappa shape index (κ3) is 5.49. The predicted octanol–water partition coefficient (Wildman–Crippen LogP) is 7.28. The van der Waals surface area contributed by atoms with Crippen molar-refractivity contribution in [1.29, 1.82) is 0 Å². The van der Waals surface area contributed by atoms with Gasteiger partial charge in [-0.15, -0.1) is 0 Å². The monoisotopic (exact) mass is 460 g/mol. The van der Waals surface area contributed by atoms with Crippen molar-refractivity contribution < 1.29 is 19.4 Å². The summed E-state index contributed by atoms with van der Waals surface area (Å²) in [7, 11) is 0. The van der Waals surface area contributed by atoms with Crippen LogP contribution < -0.4 is 4.74 Å². The van der Waals surface area contributed by atoms with E-state index in [9.17, 15) is 14.7 Å². The molecule has 1 N–H and O–H groups in total. The number of aliphatic carboxylic acids is 1. The number of allylic oxidation sites excluding steroid dienone is 2. The molecule has 3 rings (SSSR count). The molecular formula is C30H36O4. The zero-order valence-corrected chi connectivity index (χ0v) is 20.8. The molecule has 2 aromatic carbocycles. The maximum atomic E-state index is 12.6. The van der Waals surface area contributed by atoms with E-state index < -0.39 is 5.97 Å². The highest BCUT2D eigenvalue weighted by atomic mass is 16.5. The summed E-state index contributed by atoms with van der Waals surface area (Å²) in [5, 5.41) is 9.65. The minimum absolute atomic E-state index is 0.280. The molecule has 0 heterocycles. The van der Waals surface area contributed by atoms with Crippen molar-refractivity contribution in [3.8, 4) is 5.75 Å². The Balaban J connectivity index is 1.87. The van der Waals surface area contributed by atoms with Gasteiger partial charge in [-0.25, -0.2) is 9.59 Å². The van der Waals surface area contributed by atoms with Crippen LogP contribution in [0.25, 0.3) is 0 Å². The highest BCUT2D eigenvalue weighted by molar-refractivity contribution is 5.92. The zero-order chi connectivity index (χ0) is 24.7. The van der Waals surface area contributed by atoms with E-state index >= 15 is 0 Å². The highest BCUT2D eigenvalue weighted by Gasteiger charge is 2.39. The van der Waals surface area contributed by atoms with E-state index in [4.69, 9.17) is 4.74 Å². The summed E-state index contributed by atoms with van der Waals surface area (Å²) in [5.41, 5.74) is 3.94. The number of benzene rings is 2. The number of carboxylic acid groups (broad SMARTS) is 1. The topological polar surface area (TPSA) is 63.6 Å². The van der Waals surface area contributed by atoms with Crippen LogP contribution in [0.2, 0.25) is 0 Å². The molecule has 0 amide bonds. The Bertz CT molecular complexity index is 1060. The van der Waals surface area contributed by atoms with E-state index in [2.05, 4.69) is 26.8 Å². The van der Waals surface area contributed by atoms with Crippen LogP contribution in [0.15, 0.2) is 71.8 Å². The molecule has 4 nitrogen and oxygen atoms in total. The fraction of sp³-hybridized carbons (Fsp3) is 0.400. The van der Waals surface area contributed by atoms with Crippen LogP contribution in [0.4, 0.5) is 0 Å². The Labute approximate surface area is 203 Å². The fourth-order valence-corrected chi connectivity index (χ4v) is 4.86. The molecule has 0 fully saturated rings. The first-order valence-electron chi connectivity index (χ1n) is 12.4. The largest absolute Gasteiger partial charge is 0.478 e. The second-order valence-electron chi connectivity index (χ2n) is 9.23. The van der Waals surface area contributed by atoms with E-state index in [0.717, 1.165) is 36.8 Å². The van der Waals surface area contributed by atoms with Gasteiger partial charge in [0.05, 0.1) is 11.1 Å². The number of esters is 1. The van der Waals surface area contributed by atoms with E-state index in [-0.39, 0.29) is 11.4 Å². The SMILES string of the molecule is CCCCC(C)[C@@]1(c2ccc(OC(=O)c3ccc(CC)cc3)cc2)C=CC(C(=O)O)=C(CC)C1. The first-order valence-corrected chi connectivity index (χ1v) is 12.4. The lowest BCUT2D eigenvalue weighted by Crippen LogP contribution is -2.35. The van der Waals surface area contributed by atoms with Gasteiger partial charge in [-0.1, -0.05) is 82.5 Å². The lowest BCUT2D eigenvalue weighted by atomic mass is 9.63. The number of carboxylic acids is 1. The second kappa shape index (κ2) is 11.3. The molecule has 0 aromatic heterocycles. The molecule has 1 aliphatic carbocycles. The summed E-state index contributed by atoms with van der Waals surface area (Å²) < 4.78 is 5.62. The Morgan fingerprint density at radius 1 is 1.00 bits per heavy atom. The fourth-order valence-electron chi connectivity index (χ4n) is 4.86. The van der Waals surface area contributed by atoms with Crippen LogP contribution >= 0.6 is 0 Å². The highest BCUT2D eigenvalue weighted by Crippen LogP contribution is 2.46. The van der Waals surface area contributed by atoms with Gasteiger partial charge < -0.3 is 9.84 Å². The third-order valence-electron chi connectivity index (χ3n) is 7.16.